The van der Waals surface area contributed by atoms with E-state index in [-0.39, 0.29) is 10.8 Å². The fourth-order valence-corrected chi connectivity index (χ4v) is 4.36. The fraction of sp³-hybridized carbons (Fsp3) is 0.350. The lowest BCUT2D eigenvalue weighted by atomic mass is 10.1. The Morgan fingerprint density at radius 1 is 1.07 bits per heavy atom. The molecule has 1 amide bonds. The number of hydrogen-bond donors (Lipinski definition) is 1. The van der Waals surface area contributed by atoms with Gasteiger partial charge >= 0.3 is 0 Å². The van der Waals surface area contributed by atoms with Crippen LogP contribution in [0.1, 0.15) is 29.6 Å². The van der Waals surface area contributed by atoms with Gasteiger partial charge in [0, 0.05) is 43.6 Å². The summed E-state index contributed by atoms with van der Waals surface area (Å²) in [5, 5.41) is 3.34. The van der Waals surface area contributed by atoms with Crippen molar-refractivity contribution in [3.63, 3.8) is 0 Å². The zero-order chi connectivity index (χ0) is 20.3. The van der Waals surface area contributed by atoms with Crippen LogP contribution in [0.25, 0.3) is 0 Å². The van der Waals surface area contributed by atoms with E-state index < -0.39 is 10.0 Å². The Hall–Kier alpha value is -2.09. The second-order valence-corrected chi connectivity index (χ2v) is 9.57. The van der Waals surface area contributed by atoms with Crippen LogP contribution >= 0.6 is 11.6 Å². The zero-order valence-corrected chi connectivity index (χ0v) is 17.6. The van der Waals surface area contributed by atoms with E-state index in [2.05, 4.69) is 10.2 Å². The minimum absolute atomic E-state index is 0.0921. The van der Waals surface area contributed by atoms with Crippen LogP contribution in [0.5, 0.6) is 0 Å². The first-order valence-electron chi connectivity index (χ1n) is 9.17. The molecule has 1 aliphatic heterocycles. The fourth-order valence-electron chi connectivity index (χ4n) is 3.24. The number of rotatable bonds is 5. The topological polar surface area (TPSA) is 69.7 Å². The molecule has 0 aromatic heterocycles. The van der Waals surface area contributed by atoms with Gasteiger partial charge in [0.15, 0.2) is 0 Å². The maximum Gasteiger partial charge on any atom is 0.257 e. The number of nitrogens with zero attached hydrogens (tertiary/aromatic N) is 2. The van der Waals surface area contributed by atoms with Crippen molar-refractivity contribution in [3.8, 4) is 0 Å². The SMILES string of the molecule is CN(C)S(=O)(=O)c1ccc(N2CCCCC2)c(C(=O)Nc2cccc(Cl)c2)c1. The lowest BCUT2D eigenvalue weighted by Gasteiger charge is -2.30. The molecule has 3 rings (SSSR count). The van der Waals surface area contributed by atoms with Crippen LogP contribution in [0.3, 0.4) is 0 Å². The second kappa shape index (κ2) is 8.51. The summed E-state index contributed by atoms with van der Waals surface area (Å²) in [7, 11) is -0.703. The third kappa shape index (κ3) is 4.48. The van der Waals surface area contributed by atoms with Gasteiger partial charge in [-0.15, -0.1) is 0 Å². The summed E-state index contributed by atoms with van der Waals surface area (Å²) in [4.78, 5) is 15.3. The first-order chi connectivity index (χ1) is 13.3. The number of carbonyl (C=O) groups is 1. The normalized spacial score (nSPS) is 14.9. The molecular weight excluding hydrogens is 398 g/mol. The zero-order valence-electron chi connectivity index (χ0n) is 16.0. The predicted molar refractivity (Wildman–Crippen MR) is 113 cm³/mol. The van der Waals surface area contributed by atoms with Crippen molar-refractivity contribution in [2.45, 2.75) is 24.2 Å². The Morgan fingerprint density at radius 3 is 2.43 bits per heavy atom. The number of anilines is 2. The highest BCUT2D eigenvalue weighted by atomic mass is 35.5. The first-order valence-corrected chi connectivity index (χ1v) is 11.0. The van der Waals surface area contributed by atoms with Crippen molar-refractivity contribution < 1.29 is 13.2 Å². The summed E-state index contributed by atoms with van der Waals surface area (Å²) in [5.74, 6) is -0.362. The number of piperidine rings is 1. The number of nitrogens with one attached hydrogen (secondary N) is 1. The molecule has 150 valence electrons. The number of benzene rings is 2. The van der Waals surface area contributed by atoms with E-state index in [9.17, 15) is 13.2 Å². The molecule has 1 saturated heterocycles. The highest BCUT2D eigenvalue weighted by molar-refractivity contribution is 7.89. The molecule has 0 unspecified atom stereocenters. The van der Waals surface area contributed by atoms with E-state index in [1.807, 2.05) is 0 Å². The Kier molecular flexibility index (Phi) is 6.27. The molecule has 1 fully saturated rings. The second-order valence-electron chi connectivity index (χ2n) is 6.98. The molecule has 0 bridgehead atoms. The maximum atomic E-state index is 13.0. The molecule has 2 aromatic carbocycles. The van der Waals surface area contributed by atoms with Crippen molar-refractivity contribution in [2.24, 2.45) is 0 Å². The number of amides is 1. The van der Waals surface area contributed by atoms with Gasteiger partial charge in [-0.25, -0.2) is 12.7 Å². The van der Waals surface area contributed by atoms with Gasteiger partial charge < -0.3 is 10.2 Å². The van der Waals surface area contributed by atoms with E-state index in [1.54, 1.807) is 36.4 Å². The lowest BCUT2D eigenvalue weighted by Crippen LogP contribution is -2.32. The van der Waals surface area contributed by atoms with Gasteiger partial charge in [0.1, 0.15) is 0 Å². The summed E-state index contributed by atoms with van der Waals surface area (Å²) < 4.78 is 26.3. The number of halogens is 1. The number of sulfonamides is 1. The van der Waals surface area contributed by atoms with Crippen molar-refractivity contribution in [1.82, 2.24) is 4.31 Å². The van der Waals surface area contributed by atoms with Crippen LogP contribution in [-0.2, 0) is 10.0 Å². The van der Waals surface area contributed by atoms with Crippen LogP contribution in [0.15, 0.2) is 47.4 Å². The van der Waals surface area contributed by atoms with Crippen LogP contribution in [0.4, 0.5) is 11.4 Å². The summed E-state index contributed by atoms with van der Waals surface area (Å²) in [6.07, 6.45) is 3.26. The van der Waals surface area contributed by atoms with E-state index in [0.717, 1.165) is 42.3 Å². The molecule has 0 atom stereocenters. The highest BCUT2D eigenvalue weighted by Crippen LogP contribution is 2.29. The first kappa shape index (κ1) is 20.6. The van der Waals surface area contributed by atoms with Gasteiger partial charge in [-0.05, 0) is 55.7 Å². The third-order valence-corrected chi connectivity index (χ3v) is 6.82. The standard InChI is InChI=1S/C20H24ClN3O3S/c1-23(2)28(26,27)17-9-10-19(24-11-4-3-5-12-24)18(14-17)20(25)22-16-8-6-7-15(21)13-16/h6-10,13-14H,3-5,11-12H2,1-2H3,(H,22,25). The molecule has 1 aliphatic rings. The van der Waals surface area contributed by atoms with E-state index in [0.29, 0.717) is 16.3 Å². The van der Waals surface area contributed by atoms with Crippen molar-refractivity contribution in [1.29, 1.82) is 0 Å². The van der Waals surface area contributed by atoms with E-state index >= 15 is 0 Å². The van der Waals surface area contributed by atoms with Crippen LogP contribution < -0.4 is 10.2 Å². The van der Waals surface area contributed by atoms with Crippen molar-refractivity contribution in [3.05, 3.63) is 53.1 Å². The van der Waals surface area contributed by atoms with E-state index in [1.165, 1.54) is 20.2 Å². The summed E-state index contributed by atoms with van der Waals surface area (Å²) >= 11 is 6.00. The molecule has 2 aromatic rings. The lowest BCUT2D eigenvalue weighted by molar-refractivity contribution is 0.102. The highest BCUT2D eigenvalue weighted by Gasteiger charge is 2.24. The minimum Gasteiger partial charge on any atom is -0.371 e. The minimum atomic E-state index is -3.65. The van der Waals surface area contributed by atoms with Crippen molar-refractivity contribution >= 4 is 38.9 Å². The maximum absolute atomic E-state index is 13.0. The quantitative estimate of drug-likeness (QED) is 0.796. The van der Waals surface area contributed by atoms with Crippen LogP contribution in [0.2, 0.25) is 5.02 Å². The molecule has 28 heavy (non-hydrogen) atoms. The summed E-state index contributed by atoms with van der Waals surface area (Å²) in [6, 6.07) is 11.6. The van der Waals surface area contributed by atoms with E-state index in [4.69, 9.17) is 11.6 Å². The number of hydrogen-bond acceptors (Lipinski definition) is 4. The molecule has 0 aliphatic carbocycles. The third-order valence-electron chi connectivity index (χ3n) is 4.77. The monoisotopic (exact) mass is 421 g/mol. The molecule has 0 spiro atoms. The molecule has 6 nitrogen and oxygen atoms in total. The van der Waals surface area contributed by atoms with Crippen LogP contribution in [0, 0.1) is 0 Å². The molecule has 1 N–H and O–H groups in total. The Balaban J connectivity index is 2.02. The van der Waals surface area contributed by atoms with Gasteiger partial charge in [-0.3, -0.25) is 4.79 Å². The summed E-state index contributed by atoms with van der Waals surface area (Å²) in [6.45, 7) is 1.69. The van der Waals surface area contributed by atoms with Gasteiger partial charge in [-0.1, -0.05) is 17.7 Å². The van der Waals surface area contributed by atoms with Gasteiger partial charge in [-0.2, -0.15) is 0 Å². The molecule has 0 saturated carbocycles. The molecule has 1 heterocycles. The molecule has 0 radical (unpaired) electrons. The average Bonchev–Trinajstić information content (AvgIpc) is 2.68. The number of carbonyl (C=O) groups excluding carboxylic acids is 1. The van der Waals surface area contributed by atoms with Gasteiger partial charge in [0.25, 0.3) is 5.91 Å². The predicted octanol–water partition coefficient (Wildman–Crippen LogP) is 3.83. The van der Waals surface area contributed by atoms with Gasteiger partial charge in [0.2, 0.25) is 10.0 Å². The average molecular weight is 422 g/mol. The molecule has 8 heteroatoms. The van der Waals surface area contributed by atoms with Gasteiger partial charge in [0.05, 0.1) is 10.5 Å². The Morgan fingerprint density at radius 2 is 1.79 bits per heavy atom. The Labute approximate surface area is 171 Å². The smallest absolute Gasteiger partial charge is 0.257 e. The van der Waals surface area contributed by atoms with Crippen molar-refractivity contribution in [2.75, 3.05) is 37.4 Å². The molecular formula is C20H24ClN3O3S. The van der Waals surface area contributed by atoms with Crippen LogP contribution in [-0.4, -0.2) is 45.8 Å². The summed E-state index contributed by atoms with van der Waals surface area (Å²) in [5.41, 5.74) is 1.64. The largest absolute Gasteiger partial charge is 0.371 e. The Bertz CT molecular complexity index is 970.